The summed E-state index contributed by atoms with van der Waals surface area (Å²) < 4.78 is 5.24. The van der Waals surface area contributed by atoms with Gasteiger partial charge < -0.3 is 10.1 Å². The van der Waals surface area contributed by atoms with E-state index in [2.05, 4.69) is 66.8 Å². The summed E-state index contributed by atoms with van der Waals surface area (Å²) in [5, 5.41) is 3.54. The minimum Gasteiger partial charge on any atom is -0.380 e. The molecular formula is C18H23NO. The van der Waals surface area contributed by atoms with Gasteiger partial charge in [0, 0.05) is 20.2 Å². The second-order valence-electron chi connectivity index (χ2n) is 5.14. The zero-order valence-corrected chi connectivity index (χ0v) is 12.3. The molecule has 0 aliphatic carbocycles. The molecule has 0 aromatic heterocycles. The van der Waals surface area contributed by atoms with E-state index in [9.17, 15) is 0 Å². The number of ether oxygens (including phenoxy) is 1. The van der Waals surface area contributed by atoms with Crippen molar-refractivity contribution in [2.24, 2.45) is 0 Å². The first kappa shape index (κ1) is 14.8. The van der Waals surface area contributed by atoms with Crippen molar-refractivity contribution in [2.75, 3.05) is 13.7 Å². The lowest BCUT2D eigenvalue weighted by atomic mass is 10.0. The molecule has 1 unspecified atom stereocenters. The second kappa shape index (κ2) is 7.83. The SMILES string of the molecule is COCc1ccccc1CNCC(C)c1ccccc1. The van der Waals surface area contributed by atoms with E-state index in [4.69, 9.17) is 4.74 Å². The molecule has 20 heavy (non-hydrogen) atoms. The van der Waals surface area contributed by atoms with Crippen LogP contribution in [0.3, 0.4) is 0 Å². The van der Waals surface area contributed by atoms with Crippen LogP contribution in [0.25, 0.3) is 0 Å². The van der Waals surface area contributed by atoms with Crippen LogP contribution in [0.4, 0.5) is 0 Å². The van der Waals surface area contributed by atoms with Gasteiger partial charge in [0.1, 0.15) is 0 Å². The number of methoxy groups -OCH3 is 1. The molecule has 0 heterocycles. The summed E-state index contributed by atoms with van der Waals surface area (Å²) in [5.74, 6) is 0.519. The third-order valence-corrected chi connectivity index (χ3v) is 3.55. The summed E-state index contributed by atoms with van der Waals surface area (Å²) in [5.41, 5.74) is 3.95. The Kier molecular flexibility index (Phi) is 5.78. The Morgan fingerprint density at radius 2 is 1.60 bits per heavy atom. The first-order valence-electron chi connectivity index (χ1n) is 7.12. The van der Waals surface area contributed by atoms with Gasteiger partial charge in [-0.2, -0.15) is 0 Å². The summed E-state index contributed by atoms with van der Waals surface area (Å²) in [4.78, 5) is 0. The van der Waals surface area contributed by atoms with Crippen molar-refractivity contribution in [2.45, 2.75) is 26.0 Å². The molecule has 0 aliphatic heterocycles. The van der Waals surface area contributed by atoms with Gasteiger partial charge in [-0.25, -0.2) is 0 Å². The molecule has 0 saturated carbocycles. The quantitative estimate of drug-likeness (QED) is 0.827. The molecule has 0 saturated heterocycles. The van der Waals surface area contributed by atoms with Crippen molar-refractivity contribution >= 4 is 0 Å². The van der Waals surface area contributed by atoms with E-state index in [0.717, 1.165) is 13.1 Å². The highest BCUT2D eigenvalue weighted by Crippen LogP contribution is 2.14. The minimum atomic E-state index is 0.519. The Labute approximate surface area is 121 Å². The molecule has 0 spiro atoms. The number of hydrogen-bond donors (Lipinski definition) is 1. The molecule has 1 atom stereocenters. The minimum absolute atomic E-state index is 0.519. The summed E-state index contributed by atoms with van der Waals surface area (Å²) in [6.07, 6.45) is 0. The zero-order chi connectivity index (χ0) is 14.2. The number of benzene rings is 2. The van der Waals surface area contributed by atoms with Gasteiger partial charge in [-0.3, -0.25) is 0 Å². The van der Waals surface area contributed by atoms with E-state index >= 15 is 0 Å². The fourth-order valence-corrected chi connectivity index (χ4v) is 2.35. The van der Waals surface area contributed by atoms with Crippen LogP contribution in [0, 0.1) is 0 Å². The van der Waals surface area contributed by atoms with Gasteiger partial charge in [0.15, 0.2) is 0 Å². The fraction of sp³-hybridized carbons (Fsp3) is 0.333. The van der Waals surface area contributed by atoms with Crippen LogP contribution in [-0.4, -0.2) is 13.7 Å². The molecule has 0 aliphatic rings. The van der Waals surface area contributed by atoms with Crippen molar-refractivity contribution in [3.8, 4) is 0 Å². The smallest absolute Gasteiger partial charge is 0.0716 e. The molecule has 2 nitrogen and oxygen atoms in total. The third-order valence-electron chi connectivity index (χ3n) is 3.55. The van der Waals surface area contributed by atoms with E-state index < -0.39 is 0 Å². The predicted octanol–water partition coefficient (Wildman–Crippen LogP) is 3.73. The topological polar surface area (TPSA) is 21.3 Å². The van der Waals surface area contributed by atoms with E-state index in [1.165, 1.54) is 16.7 Å². The maximum absolute atomic E-state index is 5.24. The van der Waals surface area contributed by atoms with Crippen LogP contribution in [0.15, 0.2) is 54.6 Å². The van der Waals surface area contributed by atoms with Gasteiger partial charge in [-0.1, -0.05) is 61.5 Å². The molecule has 0 bridgehead atoms. The van der Waals surface area contributed by atoms with Crippen LogP contribution < -0.4 is 5.32 Å². The molecule has 0 fully saturated rings. The van der Waals surface area contributed by atoms with Crippen LogP contribution in [0.5, 0.6) is 0 Å². The van der Waals surface area contributed by atoms with Crippen molar-refractivity contribution < 1.29 is 4.74 Å². The summed E-state index contributed by atoms with van der Waals surface area (Å²) in [6.45, 7) is 4.79. The highest BCUT2D eigenvalue weighted by atomic mass is 16.5. The number of rotatable bonds is 7. The Bertz CT molecular complexity index is 510. The Morgan fingerprint density at radius 1 is 0.950 bits per heavy atom. The second-order valence-corrected chi connectivity index (χ2v) is 5.14. The fourth-order valence-electron chi connectivity index (χ4n) is 2.35. The average Bonchev–Trinajstić information content (AvgIpc) is 2.50. The normalized spacial score (nSPS) is 12.3. The predicted molar refractivity (Wildman–Crippen MR) is 83.7 cm³/mol. The van der Waals surface area contributed by atoms with Gasteiger partial charge >= 0.3 is 0 Å². The van der Waals surface area contributed by atoms with E-state index in [1.807, 2.05) is 0 Å². The molecule has 2 rings (SSSR count). The maximum Gasteiger partial charge on any atom is 0.0716 e. The van der Waals surface area contributed by atoms with Crippen molar-refractivity contribution in [3.63, 3.8) is 0 Å². The molecule has 2 heteroatoms. The lowest BCUT2D eigenvalue weighted by molar-refractivity contribution is 0.184. The van der Waals surface area contributed by atoms with Crippen molar-refractivity contribution in [1.29, 1.82) is 0 Å². The lowest BCUT2D eigenvalue weighted by Crippen LogP contribution is -2.20. The van der Waals surface area contributed by atoms with Crippen LogP contribution in [0.2, 0.25) is 0 Å². The first-order chi connectivity index (χ1) is 9.81. The van der Waals surface area contributed by atoms with E-state index in [0.29, 0.717) is 12.5 Å². The zero-order valence-electron chi connectivity index (χ0n) is 12.3. The number of hydrogen-bond acceptors (Lipinski definition) is 2. The summed E-state index contributed by atoms with van der Waals surface area (Å²) in [6, 6.07) is 19.1. The molecule has 106 valence electrons. The van der Waals surface area contributed by atoms with Crippen LogP contribution >= 0.6 is 0 Å². The van der Waals surface area contributed by atoms with E-state index in [-0.39, 0.29) is 0 Å². The molecule has 0 radical (unpaired) electrons. The Balaban J connectivity index is 1.87. The van der Waals surface area contributed by atoms with Crippen LogP contribution in [0.1, 0.15) is 29.5 Å². The number of nitrogens with one attached hydrogen (secondary N) is 1. The van der Waals surface area contributed by atoms with Gasteiger partial charge in [-0.05, 0) is 22.6 Å². The van der Waals surface area contributed by atoms with E-state index in [1.54, 1.807) is 7.11 Å². The van der Waals surface area contributed by atoms with Crippen molar-refractivity contribution in [3.05, 3.63) is 71.3 Å². The molecule has 2 aromatic rings. The van der Waals surface area contributed by atoms with Crippen LogP contribution in [-0.2, 0) is 17.9 Å². The first-order valence-corrected chi connectivity index (χ1v) is 7.12. The highest BCUT2D eigenvalue weighted by molar-refractivity contribution is 5.26. The average molecular weight is 269 g/mol. The summed E-state index contributed by atoms with van der Waals surface area (Å²) in [7, 11) is 1.74. The lowest BCUT2D eigenvalue weighted by Gasteiger charge is -2.14. The molecule has 2 aromatic carbocycles. The maximum atomic E-state index is 5.24. The standard InChI is InChI=1S/C18H23NO/c1-15(16-8-4-3-5-9-16)12-19-13-17-10-6-7-11-18(17)14-20-2/h3-11,15,19H,12-14H2,1-2H3. The Hall–Kier alpha value is -1.64. The van der Waals surface area contributed by atoms with Gasteiger partial charge in [-0.15, -0.1) is 0 Å². The third kappa shape index (κ3) is 4.19. The van der Waals surface area contributed by atoms with Crippen molar-refractivity contribution in [1.82, 2.24) is 5.32 Å². The van der Waals surface area contributed by atoms with Gasteiger partial charge in [0.05, 0.1) is 6.61 Å². The summed E-state index contributed by atoms with van der Waals surface area (Å²) >= 11 is 0. The molecular weight excluding hydrogens is 246 g/mol. The molecule has 0 amide bonds. The monoisotopic (exact) mass is 269 g/mol. The molecule has 1 N–H and O–H groups in total. The van der Waals surface area contributed by atoms with Gasteiger partial charge in [0.25, 0.3) is 0 Å². The van der Waals surface area contributed by atoms with Gasteiger partial charge in [0.2, 0.25) is 0 Å². The highest BCUT2D eigenvalue weighted by Gasteiger charge is 2.05. The largest absolute Gasteiger partial charge is 0.380 e. The Morgan fingerprint density at radius 3 is 2.30 bits per heavy atom.